The maximum atomic E-state index is 13.4. The van der Waals surface area contributed by atoms with Crippen LogP contribution in [0.25, 0.3) is 10.6 Å². The van der Waals surface area contributed by atoms with E-state index in [2.05, 4.69) is 10.3 Å². The van der Waals surface area contributed by atoms with Crippen molar-refractivity contribution >= 4 is 40.9 Å². The number of hydrogen-bond acceptors (Lipinski definition) is 8. The van der Waals surface area contributed by atoms with Gasteiger partial charge in [0.1, 0.15) is 11.4 Å². The number of methoxy groups -OCH3 is 1. The molecule has 36 heavy (non-hydrogen) atoms. The number of aldehydes is 1. The average molecular weight is 505 g/mol. The number of ether oxygens (including phenoxy) is 1. The summed E-state index contributed by atoms with van der Waals surface area (Å²) in [5.74, 6) is -1.48. The van der Waals surface area contributed by atoms with E-state index in [0.29, 0.717) is 59.3 Å². The number of rotatable bonds is 6. The number of piperazine rings is 1. The van der Waals surface area contributed by atoms with Gasteiger partial charge in [-0.05, 0) is 24.3 Å². The van der Waals surface area contributed by atoms with Crippen LogP contribution in [0.1, 0.15) is 31.5 Å². The Hall–Kier alpha value is -4.05. The van der Waals surface area contributed by atoms with Gasteiger partial charge in [-0.25, -0.2) is 4.98 Å². The number of hydrogen-bond donors (Lipinski definition) is 1. The molecule has 1 unspecified atom stereocenters. The number of nitrogens with zero attached hydrogens (tertiary/aromatic N) is 3. The van der Waals surface area contributed by atoms with E-state index >= 15 is 0 Å². The van der Waals surface area contributed by atoms with Gasteiger partial charge in [0.2, 0.25) is 5.78 Å². The van der Waals surface area contributed by atoms with Crippen LogP contribution >= 0.6 is 11.3 Å². The van der Waals surface area contributed by atoms with Crippen molar-refractivity contribution in [1.82, 2.24) is 14.8 Å². The molecule has 3 aromatic rings. The molecular formula is C26H24N4O5S. The molecule has 1 saturated heterocycles. The number of Topliss-reactive ketones (excluding diaryl/α,β-unsaturated/α-hetero) is 1. The van der Waals surface area contributed by atoms with Crippen LogP contribution in [0.15, 0.2) is 48.7 Å². The Bertz CT molecular complexity index is 1330. The van der Waals surface area contributed by atoms with E-state index in [1.54, 1.807) is 29.3 Å². The van der Waals surface area contributed by atoms with Crippen LogP contribution in [-0.4, -0.2) is 78.5 Å². The summed E-state index contributed by atoms with van der Waals surface area (Å²) in [4.78, 5) is 59.4. The van der Waals surface area contributed by atoms with Gasteiger partial charge in [0, 0.05) is 43.9 Å². The third-order valence-electron chi connectivity index (χ3n) is 6.51. The molecule has 2 aliphatic heterocycles. The second kappa shape index (κ2) is 9.90. The molecule has 9 nitrogen and oxygen atoms in total. The lowest BCUT2D eigenvalue weighted by Crippen LogP contribution is -2.52. The van der Waals surface area contributed by atoms with Crippen molar-refractivity contribution in [1.29, 1.82) is 0 Å². The van der Waals surface area contributed by atoms with Gasteiger partial charge in [0.25, 0.3) is 11.8 Å². The van der Waals surface area contributed by atoms with Crippen LogP contribution < -0.4 is 10.1 Å². The highest BCUT2D eigenvalue weighted by Crippen LogP contribution is 2.45. The predicted molar refractivity (Wildman–Crippen MR) is 135 cm³/mol. The van der Waals surface area contributed by atoms with Gasteiger partial charge in [0.15, 0.2) is 6.29 Å². The number of fused-ring (bicyclic) bond motifs is 1. The number of ketones is 1. The number of benzene rings is 1. The van der Waals surface area contributed by atoms with E-state index in [-0.39, 0.29) is 12.5 Å². The molecule has 0 radical (unpaired) electrons. The standard InChI is InChI=1S/C26H24N4O5S/c1-35-19-14-28-22(20-8-7-17(15-31)36-20)23-21(19)18(13-27-23)24(32)26(34)30-11-9-29(10-12-30)25(33)16-5-3-2-4-6-16/h2-8,14-15,18,27H,9-13H2,1H3. The van der Waals surface area contributed by atoms with Crippen LogP contribution in [0.2, 0.25) is 0 Å². The molecule has 0 aliphatic carbocycles. The summed E-state index contributed by atoms with van der Waals surface area (Å²) in [5, 5.41) is 3.23. The zero-order valence-electron chi connectivity index (χ0n) is 19.6. The molecule has 2 aliphatic rings. The molecule has 0 bridgehead atoms. The third-order valence-corrected chi connectivity index (χ3v) is 7.53. The lowest BCUT2D eigenvalue weighted by atomic mass is 9.94. The summed E-state index contributed by atoms with van der Waals surface area (Å²) in [7, 11) is 1.50. The maximum Gasteiger partial charge on any atom is 0.290 e. The van der Waals surface area contributed by atoms with Crippen molar-refractivity contribution < 1.29 is 23.9 Å². The first-order valence-electron chi connectivity index (χ1n) is 11.6. The summed E-state index contributed by atoms with van der Waals surface area (Å²) in [6.07, 6.45) is 2.32. The lowest BCUT2D eigenvalue weighted by molar-refractivity contribution is -0.146. The Morgan fingerprint density at radius 1 is 1.06 bits per heavy atom. The molecule has 4 heterocycles. The SMILES string of the molecule is COc1cnc(-c2ccc(C=O)s2)c2c1C(C(=O)C(=O)N1CCN(C(=O)c3ccccc3)CC1)CN2. The Kier molecular flexibility index (Phi) is 6.51. The van der Waals surface area contributed by atoms with Crippen LogP contribution in [0.5, 0.6) is 5.75 Å². The van der Waals surface area contributed by atoms with Crippen LogP contribution in [-0.2, 0) is 9.59 Å². The number of nitrogens with one attached hydrogen (secondary N) is 1. The molecule has 5 rings (SSSR count). The fourth-order valence-electron chi connectivity index (χ4n) is 4.64. The van der Waals surface area contributed by atoms with Gasteiger partial charge in [-0.2, -0.15) is 0 Å². The molecule has 2 amide bonds. The van der Waals surface area contributed by atoms with Crippen molar-refractivity contribution in [2.75, 3.05) is 45.2 Å². The van der Waals surface area contributed by atoms with E-state index < -0.39 is 17.6 Å². The molecule has 184 valence electrons. The minimum atomic E-state index is -0.723. The van der Waals surface area contributed by atoms with E-state index in [1.807, 2.05) is 24.3 Å². The Labute approximate surface area is 211 Å². The topological polar surface area (TPSA) is 109 Å². The van der Waals surface area contributed by atoms with Crippen molar-refractivity contribution in [2.24, 2.45) is 0 Å². The molecule has 10 heteroatoms. The number of carbonyl (C=O) groups is 4. The Morgan fingerprint density at radius 3 is 2.44 bits per heavy atom. The van der Waals surface area contributed by atoms with Crippen molar-refractivity contribution in [3.8, 4) is 16.3 Å². The first-order valence-corrected chi connectivity index (χ1v) is 12.4. The first-order chi connectivity index (χ1) is 17.5. The minimum absolute atomic E-state index is 0.0842. The monoisotopic (exact) mass is 504 g/mol. The highest BCUT2D eigenvalue weighted by molar-refractivity contribution is 7.17. The number of carbonyl (C=O) groups excluding carboxylic acids is 4. The highest BCUT2D eigenvalue weighted by Gasteiger charge is 2.39. The lowest BCUT2D eigenvalue weighted by Gasteiger charge is -2.34. The van der Waals surface area contributed by atoms with Crippen molar-refractivity contribution in [2.45, 2.75) is 5.92 Å². The third kappa shape index (κ3) is 4.24. The second-order valence-corrected chi connectivity index (χ2v) is 9.65. The minimum Gasteiger partial charge on any atom is -0.495 e. The van der Waals surface area contributed by atoms with Crippen molar-refractivity contribution in [3.63, 3.8) is 0 Å². The van der Waals surface area contributed by atoms with E-state index in [1.165, 1.54) is 23.3 Å². The smallest absolute Gasteiger partial charge is 0.290 e. The molecule has 0 saturated carbocycles. The van der Waals surface area contributed by atoms with Gasteiger partial charge >= 0.3 is 0 Å². The fourth-order valence-corrected chi connectivity index (χ4v) is 5.46. The summed E-state index contributed by atoms with van der Waals surface area (Å²) in [6, 6.07) is 12.5. The Morgan fingerprint density at radius 2 is 1.78 bits per heavy atom. The molecule has 1 fully saturated rings. The van der Waals surface area contributed by atoms with Crippen LogP contribution in [0.4, 0.5) is 5.69 Å². The molecule has 1 N–H and O–H groups in total. The molecule has 1 atom stereocenters. The van der Waals surface area contributed by atoms with Crippen LogP contribution in [0, 0.1) is 0 Å². The maximum absolute atomic E-state index is 13.4. The molecular weight excluding hydrogens is 480 g/mol. The Balaban J connectivity index is 1.32. The van der Waals surface area contributed by atoms with E-state index in [0.717, 1.165) is 11.2 Å². The number of anilines is 1. The van der Waals surface area contributed by atoms with Gasteiger partial charge in [-0.1, -0.05) is 18.2 Å². The summed E-state index contributed by atoms with van der Waals surface area (Å²) < 4.78 is 5.49. The highest BCUT2D eigenvalue weighted by atomic mass is 32.1. The quantitative estimate of drug-likeness (QED) is 0.406. The zero-order chi connectivity index (χ0) is 25.2. The fraction of sp³-hybridized carbons (Fsp3) is 0.269. The normalized spacial score (nSPS) is 16.8. The molecule has 1 aromatic carbocycles. The summed E-state index contributed by atoms with van der Waals surface area (Å²) >= 11 is 1.30. The molecule has 0 spiro atoms. The van der Waals surface area contributed by atoms with Gasteiger partial charge in [-0.15, -0.1) is 11.3 Å². The van der Waals surface area contributed by atoms with E-state index in [4.69, 9.17) is 4.74 Å². The summed E-state index contributed by atoms with van der Waals surface area (Å²) in [6.45, 7) is 1.55. The van der Waals surface area contributed by atoms with Gasteiger partial charge in [0.05, 0.1) is 34.7 Å². The van der Waals surface area contributed by atoms with E-state index in [9.17, 15) is 19.2 Å². The predicted octanol–water partition coefficient (Wildman–Crippen LogP) is 2.69. The second-order valence-electron chi connectivity index (χ2n) is 8.53. The first kappa shape index (κ1) is 23.7. The molecule has 2 aromatic heterocycles. The van der Waals surface area contributed by atoms with Crippen LogP contribution in [0.3, 0.4) is 0 Å². The number of thiophene rings is 1. The number of amides is 2. The van der Waals surface area contributed by atoms with Gasteiger partial charge < -0.3 is 19.9 Å². The zero-order valence-corrected chi connectivity index (χ0v) is 20.4. The van der Waals surface area contributed by atoms with Crippen molar-refractivity contribution in [3.05, 3.63) is 64.7 Å². The van der Waals surface area contributed by atoms with Gasteiger partial charge in [-0.3, -0.25) is 19.2 Å². The number of pyridine rings is 1. The number of aromatic nitrogens is 1. The largest absolute Gasteiger partial charge is 0.495 e. The average Bonchev–Trinajstić information content (AvgIpc) is 3.60. The summed E-state index contributed by atoms with van der Waals surface area (Å²) in [5.41, 5.74) is 2.45.